The summed E-state index contributed by atoms with van der Waals surface area (Å²) < 4.78 is 5.98. The zero-order valence-electron chi connectivity index (χ0n) is 15.1. The molecule has 0 radical (unpaired) electrons. The monoisotopic (exact) mass is 357 g/mol. The Kier molecular flexibility index (Phi) is 4.30. The van der Waals surface area contributed by atoms with Crippen LogP contribution in [-0.4, -0.2) is 15.0 Å². The van der Waals surface area contributed by atoms with E-state index in [0.717, 1.165) is 27.7 Å². The van der Waals surface area contributed by atoms with Crippen molar-refractivity contribution in [2.45, 2.75) is 13.8 Å². The Bertz CT molecular complexity index is 1120. The zero-order valence-corrected chi connectivity index (χ0v) is 15.1. The summed E-state index contributed by atoms with van der Waals surface area (Å²) in [5, 5.41) is 4.26. The third-order valence-electron chi connectivity index (χ3n) is 4.30. The fraction of sp³-hybridized carbons (Fsp3) is 0.0952. The van der Waals surface area contributed by atoms with Crippen molar-refractivity contribution in [2.75, 3.05) is 11.1 Å². The van der Waals surface area contributed by atoms with E-state index in [-0.39, 0.29) is 5.88 Å². The summed E-state index contributed by atoms with van der Waals surface area (Å²) in [5.74, 6) is 1.38. The van der Waals surface area contributed by atoms with Gasteiger partial charge in [-0.1, -0.05) is 30.3 Å². The topological polar surface area (TPSA) is 86.0 Å². The molecule has 2 heterocycles. The highest BCUT2D eigenvalue weighted by atomic mass is 16.5. The lowest BCUT2D eigenvalue weighted by atomic mass is 10.1. The number of hydrogen-bond donors (Lipinski definition) is 2. The van der Waals surface area contributed by atoms with Gasteiger partial charge in [0, 0.05) is 17.3 Å². The minimum Gasteiger partial charge on any atom is -0.435 e. The molecule has 0 atom stereocenters. The standard InChI is InChI=1S/C21H19N5O/c1-13-8-9-14(2)16(11-13)26-20-18(22)21(25-12-24-20)27-17-7-3-5-15-6-4-10-23-19(15)17/h3-12H,22H2,1-2H3,(H,24,25,26). The maximum Gasteiger partial charge on any atom is 0.248 e. The first kappa shape index (κ1) is 16.8. The van der Waals surface area contributed by atoms with Gasteiger partial charge in [-0.2, -0.15) is 4.98 Å². The minimum absolute atomic E-state index is 0.288. The van der Waals surface area contributed by atoms with Crippen molar-refractivity contribution >= 4 is 28.1 Å². The Morgan fingerprint density at radius 2 is 1.81 bits per heavy atom. The van der Waals surface area contributed by atoms with E-state index >= 15 is 0 Å². The summed E-state index contributed by atoms with van der Waals surface area (Å²) in [6.45, 7) is 4.06. The Balaban J connectivity index is 1.69. The van der Waals surface area contributed by atoms with E-state index in [1.807, 2.05) is 56.3 Å². The van der Waals surface area contributed by atoms with E-state index in [4.69, 9.17) is 10.5 Å². The Labute approximate surface area is 157 Å². The summed E-state index contributed by atoms with van der Waals surface area (Å²) in [7, 11) is 0. The van der Waals surface area contributed by atoms with Crippen molar-refractivity contribution in [1.82, 2.24) is 15.0 Å². The van der Waals surface area contributed by atoms with Crippen molar-refractivity contribution in [3.8, 4) is 11.6 Å². The van der Waals surface area contributed by atoms with Crippen LogP contribution in [0, 0.1) is 13.8 Å². The number of aryl methyl sites for hydroxylation is 2. The second-order valence-corrected chi connectivity index (χ2v) is 6.32. The highest BCUT2D eigenvalue weighted by molar-refractivity contribution is 5.85. The predicted octanol–water partition coefficient (Wildman–Crippen LogP) is 4.76. The molecule has 2 aromatic heterocycles. The van der Waals surface area contributed by atoms with Gasteiger partial charge in [-0.05, 0) is 43.2 Å². The summed E-state index contributed by atoms with van der Waals surface area (Å²) in [6, 6.07) is 15.8. The maximum atomic E-state index is 6.28. The molecule has 0 amide bonds. The number of hydrogen-bond acceptors (Lipinski definition) is 6. The molecule has 0 aliphatic carbocycles. The Morgan fingerprint density at radius 1 is 0.963 bits per heavy atom. The number of aromatic nitrogens is 3. The first-order valence-electron chi connectivity index (χ1n) is 8.58. The molecule has 0 bridgehead atoms. The fourth-order valence-corrected chi connectivity index (χ4v) is 2.82. The third-order valence-corrected chi connectivity index (χ3v) is 4.30. The van der Waals surface area contributed by atoms with Gasteiger partial charge in [-0.25, -0.2) is 4.98 Å². The largest absolute Gasteiger partial charge is 0.435 e. The van der Waals surface area contributed by atoms with Crippen LogP contribution in [0.15, 0.2) is 61.1 Å². The Hall–Kier alpha value is -3.67. The molecule has 2 aromatic carbocycles. The van der Waals surface area contributed by atoms with E-state index in [1.165, 1.54) is 6.33 Å². The van der Waals surface area contributed by atoms with Crippen LogP contribution >= 0.6 is 0 Å². The number of nitrogens with two attached hydrogens (primary N) is 1. The molecule has 0 saturated heterocycles. The molecule has 6 nitrogen and oxygen atoms in total. The molecule has 134 valence electrons. The van der Waals surface area contributed by atoms with Crippen molar-refractivity contribution in [3.05, 3.63) is 72.2 Å². The van der Waals surface area contributed by atoms with Gasteiger partial charge in [-0.15, -0.1) is 0 Å². The van der Waals surface area contributed by atoms with Crippen LogP contribution in [-0.2, 0) is 0 Å². The molecule has 0 spiro atoms. The van der Waals surface area contributed by atoms with E-state index in [0.29, 0.717) is 17.3 Å². The van der Waals surface area contributed by atoms with E-state index < -0.39 is 0 Å². The van der Waals surface area contributed by atoms with Crippen molar-refractivity contribution < 1.29 is 4.74 Å². The number of rotatable bonds is 4. The molecule has 4 rings (SSSR count). The average molecular weight is 357 g/mol. The summed E-state index contributed by atoms with van der Waals surface area (Å²) in [4.78, 5) is 12.9. The lowest BCUT2D eigenvalue weighted by Gasteiger charge is -2.14. The SMILES string of the molecule is Cc1ccc(C)c(Nc2ncnc(Oc3cccc4cccnc34)c2N)c1. The average Bonchev–Trinajstić information content (AvgIpc) is 2.68. The number of ether oxygens (including phenoxy) is 1. The van der Waals surface area contributed by atoms with Gasteiger partial charge in [0.2, 0.25) is 5.88 Å². The van der Waals surface area contributed by atoms with Gasteiger partial charge < -0.3 is 15.8 Å². The smallest absolute Gasteiger partial charge is 0.248 e. The number of nitrogens with zero attached hydrogens (tertiary/aromatic N) is 3. The number of pyridine rings is 1. The second-order valence-electron chi connectivity index (χ2n) is 6.32. The minimum atomic E-state index is 0.288. The number of nitrogens with one attached hydrogen (secondary N) is 1. The highest BCUT2D eigenvalue weighted by Gasteiger charge is 2.13. The maximum absolute atomic E-state index is 6.28. The third kappa shape index (κ3) is 3.37. The Morgan fingerprint density at radius 3 is 2.70 bits per heavy atom. The molecule has 0 saturated carbocycles. The van der Waals surface area contributed by atoms with Crippen molar-refractivity contribution in [3.63, 3.8) is 0 Å². The number of para-hydroxylation sites is 1. The van der Waals surface area contributed by atoms with E-state index in [1.54, 1.807) is 6.20 Å². The van der Waals surface area contributed by atoms with Gasteiger partial charge in [-0.3, -0.25) is 4.98 Å². The number of nitrogen functional groups attached to an aromatic ring is 1. The van der Waals surface area contributed by atoms with E-state index in [9.17, 15) is 0 Å². The lowest BCUT2D eigenvalue weighted by molar-refractivity contribution is 0.469. The fourth-order valence-electron chi connectivity index (χ4n) is 2.82. The molecular formula is C21H19N5O. The van der Waals surface area contributed by atoms with Crippen LogP contribution in [0.2, 0.25) is 0 Å². The molecule has 0 fully saturated rings. The molecule has 0 aliphatic rings. The molecular weight excluding hydrogens is 338 g/mol. The van der Waals surface area contributed by atoms with Crippen LogP contribution in [0.5, 0.6) is 11.6 Å². The molecule has 6 heteroatoms. The first-order valence-corrected chi connectivity index (χ1v) is 8.58. The molecule has 0 aliphatic heterocycles. The van der Waals surface area contributed by atoms with Crippen LogP contribution < -0.4 is 15.8 Å². The number of fused-ring (bicyclic) bond motifs is 1. The number of anilines is 3. The van der Waals surface area contributed by atoms with E-state index in [2.05, 4.69) is 26.3 Å². The van der Waals surface area contributed by atoms with Crippen LogP contribution in [0.3, 0.4) is 0 Å². The molecule has 27 heavy (non-hydrogen) atoms. The summed E-state index contributed by atoms with van der Waals surface area (Å²) in [5.41, 5.74) is 10.6. The van der Waals surface area contributed by atoms with Gasteiger partial charge in [0.05, 0.1) is 0 Å². The summed E-state index contributed by atoms with van der Waals surface area (Å²) >= 11 is 0. The van der Waals surface area contributed by atoms with Gasteiger partial charge >= 0.3 is 0 Å². The normalized spacial score (nSPS) is 10.7. The van der Waals surface area contributed by atoms with Crippen LogP contribution in [0.4, 0.5) is 17.2 Å². The van der Waals surface area contributed by atoms with Gasteiger partial charge in [0.1, 0.15) is 17.5 Å². The van der Waals surface area contributed by atoms with Crippen LogP contribution in [0.1, 0.15) is 11.1 Å². The van der Waals surface area contributed by atoms with Crippen molar-refractivity contribution in [2.24, 2.45) is 0 Å². The quantitative estimate of drug-likeness (QED) is 0.548. The summed E-state index contributed by atoms with van der Waals surface area (Å²) in [6.07, 6.45) is 3.16. The second kappa shape index (κ2) is 6.92. The highest BCUT2D eigenvalue weighted by Crippen LogP contribution is 2.34. The molecule has 4 aromatic rings. The van der Waals surface area contributed by atoms with Crippen molar-refractivity contribution in [1.29, 1.82) is 0 Å². The number of benzene rings is 2. The zero-order chi connectivity index (χ0) is 18.8. The van der Waals surface area contributed by atoms with Crippen LogP contribution in [0.25, 0.3) is 10.9 Å². The van der Waals surface area contributed by atoms with Gasteiger partial charge in [0.15, 0.2) is 11.6 Å². The molecule has 3 N–H and O–H groups in total. The van der Waals surface area contributed by atoms with Gasteiger partial charge in [0.25, 0.3) is 0 Å². The molecule has 0 unspecified atom stereocenters. The first-order chi connectivity index (χ1) is 13.1. The lowest BCUT2D eigenvalue weighted by Crippen LogP contribution is -2.04. The predicted molar refractivity (Wildman–Crippen MR) is 107 cm³/mol.